The average molecular weight is 567 g/mol. The molecule has 1 aromatic heterocycles. The summed E-state index contributed by atoms with van der Waals surface area (Å²) in [5.41, 5.74) is 1.54. The van der Waals surface area contributed by atoms with Gasteiger partial charge in [0.1, 0.15) is 5.01 Å². The van der Waals surface area contributed by atoms with E-state index in [2.05, 4.69) is 49.8 Å². The number of rotatable bonds is 7. The summed E-state index contributed by atoms with van der Waals surface area (Å²) in [4.78, 5) is 10.7. The highest BCUT2D eigenvalue weighted by Gasteiger charge is 2.33. The van der Waals surface area contributed by atoms with Gasteiger partial charge in [-0.1, -0.05) is 30.7 Å². The molecule has 31 heavy (non-hydrogen) atoms. The van der Waals surface area contributed by atoms with Gasteiger partial charge in [-0.3, -0.25) is 4.90 Å². The van der Waals surface area contributed by atoms with Crippen molar-refractivity contribution in [1.29, 1.82) is 0 Å². The molecule has 3 rings (SSSR count). The van der Waals surface area contributed by atoms with Gasteiger partial charge >= 0.3 is 6.18 Å². The van der Waals surface area contributed by atoms with E-state index in [0.717, 1.165) is 28.8 Å². The second-order valence-electron chi connectivity index (χ2n) is 7.33. The Hall–Kier alpha value is -1.40. The number of likely N-dealkylation sites (tertiary alicyclic amines) is 1. The Kier molecular flexibility index (Phi) is 10.5. The number of piperidine rings is 1. The van der Waals surface area contributed by atoms with Gasteiger partial charge in [-0.2, -0.15) is 13.2 Å². The molecule has 1 fully saturated rings. The van der Waals surface area contributed by atoms with Crippen molar-refractivity contribution in [2.45, 2.75) is 52.0 Å². The molecule has 10 heteroatoms. The Morgan fingerprint density at radius 1 is 1.10 bits per heavy atom. The zero-order valence-electron chi connectivity index (χ0n) is 17.5. The lowest BCUT2D eigenvalue weighted by atomic mass is 10.1. The lowest BCUT2D eigenvalue weighted by molar-refractivity contribution is -0.140. The van der Waals surface area contributed by atoms with Crippen LogP contribution in [0.1, 0.15) is 48.0 Å². The number of halogens is 4. The predicted molar refractivity (Wildman–Crippen MR) is 130 cm³/mol. The second kappa shape index (κ2) is 12.6. The molecule has 0 atom stereocenters. The van der Waals surface area contributed by atoms with Crippen LogP contribution in [-0.4, -0.2) is 35.5 Å². The van der Waals surface area contributed by atoms with Crippen molar-refractivity contribution in [2.24, 2.45) is 4.99 Å². The molecule has 172 valence electrons. The SMILES string of the molecule is CCNC(=NCc1ccc(CN2CCCCC2)cc1)NCc1nc(C(F)(F)F)cs1.I. The summed E-state index contributed by atoms with van der Waals surface area (Å²) in [5, 5.41) is 7.57. The molecular formula is C21H29F3IN5S. The molecule has 0 bridgehead atoms. The van der Waals surface area contributed by atoms with E-state index < -0.39 is 11.9 Å². The summed E-state index contributed by atoms with van der Waals surface area (Å²) in [7, 11) is 0. The van der Waals surface area contributed by atoms with Crippen LogP contribution < -0.4 is 10.6 Å². The zero-order chi connectivity index (χ0) is 21.4. The van der Waals surface area contributed by atoms with E-state index in [9.17, 15) is 13.2 Å². The van der Waals surface area contributed by atoms with E-state index in [1.165, 1.54) is 37.9 Å². The summed E-state index contributed by atoms with van der Waals surface area (Å²) >= 11 is 0.986. The van der Waals surface area contributed by atoms with E-state index in [-0.39, 0.29) is 30.5 Å². The molecule has 1 aliphatic rings. The average Bonchev–Trinajstić information content (AvgIpc) is 3.22. The first-order valence-corrected chi connectivity index (χ1v) is 11.2. The molecule has 1 aliphatic heterocycles. The Labute approximate surface area is 202 Å². The third-order valence-corrected chi connectivity index (χ3v) is 5.74. The first kappa shape index (κ1) is 25.9. The smallest absolute Gasteiger partial charge is 0.357 e. The van der Waals surface area contributed by atoms with Crippen molar-refractivity contribution < 1.29 is 13.2 Å². The standard InChI is InChI=1S/C21H28F3N5S.HI/c1-2-25-20(27-13-19-28-18(15-30-19)21(22,23)24)26-12-16-6-8-17(9-7-16)14-29-10-4-3-5-11-29;/h6-9,15H,2-5,10-14H2,1H3,(H2,25,26,27);1H. The molecule has 1 aromatic carbocycles. The third kappa shape index (κ3) is 8.57. The van der Waals surface area contributed by atoms with Crippen LogP contribution in [0.2, 0.25) is 0 Å². The number of aliphatic imine (C=N–C) groups is 1. The van der Waals surface area contributed by atoms with Crippen LogP contribution in [0, 0.1) is 0 Å². The fraction of sp³-hybridized carbons (Fsp3) is 0.524. The maximum Gasteiger partial charge on any atom is 0.434 e. The lowest BCUT2D eigenvalue weighted by Gasteiger charge is -2.26. The minimum atomic E-state index is -4.41. The largest absolute Gasteiger partial charge is 0.434 e. The maximum atomic E-state index is 12.7. The first-order valence-electron chi connectivity index (χ1n) is 10.3. The fourth-order valence-electron chi connectivity index (χ4n) is 3.32. The Morgan fingerprint density at radius 3 is 2.39 bits per heavy atom. The molecule has 0 aliphatic carbocycles. The number of hydrogen-bond acceptors (Lipinski definition) is 4. The van der Waals surface area contributed by atoms with Crippen LogP contribution in [0.3, 0.4) is 0 Å². The monoisotopic (exact) mass is 567 g/mol. The predicted octanol–water partition coefficient (Wildman–Crippen LogP) is 5.02. The molecule has 2 heterocycles. The number of benzene rings is 1. The highest BCUT2D eigenvalue weighted by molar-refractivity contribution is 14.0. The van der Waals surface area contributed by atoms with Crippen LogP contribution in [0.25, 0.3) is 0 Å². The first-order chi connectivity index (χ1) is 14.4. The molecule has 2 aromatic rings. The van der Waals surface area contributed by atoms with Crippen molar-refractivity contribution in [3.05, 3.63) is 51.5 Å². The van der Waals surface area contributed by atoms with Crippen LogP contribution in [0.5, 0.6) is 0 Å². The molecule has 0 saturated carbocycles. The lowest BCUT2D eigenvalue weighted by Crippen LogP contribution is -2.36. The van der Waals surface area contributed by atoms with Crippen molar-refractivity contribution in [3.8, 4) is 0 Å². The van der Waals surface area contributed by atoms with Crippen LogP contribution in [-0.2, 0) is 25.8 Å². The van der Waals surface area contributed by atoms with Crippen LogP contribution >= 0.6 is 35.3 Å². The van der Waals surface area contributed by atoms with Gasteiger partial charge in [0.25, 0.3) is 0 Å². The van der Waals surface area contributed by atoms with Gasteiger partial charge in [-0.15, -0.1) is 35.3 Å². The van der Waals surface area contributed by atoms with Crippen molar-refractivity contribution in [2.75, 3.05) is 19.6 Å². The molecule has 1 saturated heterocycles. The summed E-state index contributed by atoms with van der Waals surface area (Å²) in [6, 6.07) is 8.47. The molecular weight excluding hydrogens is 538 g/mol. The summed E-state index contributed by atoms with van der Waals surface area (Å²) in [6.07, 6.45) is -0.508. The molecule has 2 N–H and O–H groups in total. The summed E-state index contributed by atoms with van der Waals surface area (Å²) < 4.78 is 38.0. The second-order valence-corrected chi connectivity index (χ2v) is 8.27. The van der Waals surface area contributed by atoms with Crippen molar-refractivity contribution >= 4 is 41.3 Å². The van der Waals surface area contributed by atoms with Gasteiger partial charge in [0.15, 0.2) is 11.7 Å². The number of nitrogens with zero attached hydrogens (tertiary/aromatic N) is 3. The van der Waals surface area contributed by atoms with Crippen molar-refractivity contribution in [1.82, 2.24) is 20.5 Å². The normalized spacial score (nSPS) is 15.4. The Bertz CT molecular complexity index is 817. The Balaban J connectivity index is 0.00000341. The number of hydrogen-bond donors (Lipinski definition) is 2. The van der Waals surface area contributed by atoms with E-state index in [4.69, 9.17) is 0 Å². The van der Waals surface area contributed by atoms with Gasteiger partial charge in [0.05, 0.1) is 13.1 Å². The molecule has 0 spiro atoms. The van der Waals surface area contributed by atoms with E-state index in [0.29, 0.717) is 24.1 Å². The van der Waals surface area contributed by atoms with E-state index >= 15 is 0 Å². The van der Waals surface area contributed by atoms with Gasteiger partial charge in [-0.05, 0) is 44.0 Å². The molecule has 0 unspecified atom stereocenters. The quantitative estimate of drug-likeness (QED) is 0.281. The highest BCUT2D eigenvalue weighted by atomic mass is 127. The topological polar surface area (TPSA) is 52.6 Å². The zero-order valence-corrected chi connectivity index (χ0v) is 20.7. The van der Waals surface area contributed by atoms with Crippen LogP contribution in [0.4, 0.5) is 13.2 Å². The van der Waals surface area contributed by atoms with Gasteiger partial charge in [0.2, 0.25) is 0 Å². The summed E-state index contributed by atoms with van der Waals surface area (Å²) in [5.74, 6) is 0.554. The number of alkyl halides is 3. The van der Waals surface area contributed by atoms with Crippen molar-refractivity contribution in [3.63, 3.8) is 0 Å². The number of guanidine groups is 1. The van der Waals surface area contributed by atoms with Crippen LogP contribution in [0.15, 0.2) is 34.6 Å². The molecule has 0 radical (unpaired) electrons. The van der Waals surface area contributed by atoms with Gasteiger partial charge < -0.3 is 10.6 Å². The van der Waals surface area contributed by atoms with E-state index in [1.54, 1.807) is 0 Å². The minimum Gasteiger partial charge on any atom is -0.357 e. The third-order valence-electron chi connectivity index (χ3n) is 4.89. The van der Waals surface area contributed by atoms with Gasteiger partial charge in [-0.25, -0.2) is 9.98 Å². The maximum absolute atomic E-state index is 12.7. The fourth-order valence-corrected chi connectivity index (χ4v) is 4.06. The molecule has 0 amide bonds. The highest BCUT2D eigenvalue weighted by Crippen LogP contribution is 2.29. The minimum absolute atomic E-state index is 0. The Morgan fingerprint density at radius 2 is 1.77 bits per heavy atom. The summed E-state index contributed by atoms with van der Waals surface area (Å²) in [6.45, 7) is 6.62. The van der Waals surface area contributed by atoms with E-state index in [1.807, 2.05) is 6.92 Å². The molecule has 5 nitrogen and oxygen atoms in total. The number of nitrogens with one attached hydrogen (secondary N) is 2. The number of aromatic nitrogens is 1. The van der Waals surface area contributed by atoms with Gasteiger partial charge in [0, 0.05) is 18.5 Å². The number of thiazole rings is 1.